The van der Waals surface area contributed by atoms with Crippen molar-refractivity contribution in [3.8, 4) is 11.1 Å². The summed E-state index contributed by atoms with van der Waals surface area (Å²) in [5.41, 5.74) is 6.73. The molecular formula is C34H33N3O5. The molecule has 0 aliphatic heterocycles. The van der Waals surface area contributed by atoms with Gasteiger partial charge in [-0.1, -0.05) is 91.0 Å². The maximum Gasteiger partial charge on any atom is 0.411 e. The number of hydrogen-bond donors (Lipinski definition) is 3. The van der Waals surface area contributed by atoms with Crippen LogP contribution in [0.3, 0.4) is 0 Å². The molecule has 1 atom stereocenters. The number of likely N-dealkylation sites (N-methyl/N-ethyl adjacent to an activating group) is 1. The highest BCUT2D eigenvalue weighted by Gasteiger charge is 2.29. The number of nitrogens with one attached hydrogen (secondary N) is 2. The lowest BCUT2D eigenvalue weighted by Crippen LogP contribution is -2.48. The number of amides is 2. The summed E-state index contributed by atoms with van der Waals surface area (Å²) >= 11 is 0. The second-order valence-corrected chi connectivity index (χ2v) is 10.5. The van der Waals surface area contributed by atoms with Crippen molar-refractivity contribution in [1.29, 1.82) is 0 Å². The van der Waals surface area contributed by atoms with Crippen molar-refractivity contribution in [2.75, 3.05) is 25.5 Å². The number of aliphatic carboxylic acids is 1. The standard InChI is InChI=1S/C34H33N3O5/c1-37(20-23-10-3-2-4-11-23)21-31(33(39)40)36-32(38)19-24-12-9-13-25(18-24)35-34(41)42-22-30-28-16-7-5-14-26(28)27-15-6-8-17-29(27)30/h2-18,30-31H,19-22H2,1H3,(H,35,41)(H,36,38)(H,39,40). The van der Waals surface area contributed by atoms with Gasteiger partial charge in [0.2, 0.25) is 5.91 Å². The van der Waals surface area contributed by atoms with Gasteiger partial charge in [0.15, 0.2) is 0 Å². The van der Waals surface area contributed by atoms with Crippen LogP contribution in [0.15, 0.2) is 103 Å². The summed E-state index contributed by atoms with van der Waals surface area (Å²) < 4.78 is 5.62. The number of carbonyl (C=O) groups excluding carboxylic acids is 2. The van der Waals surface area contributed by atoms with Crippen LogP contribution in [0.25, 0.3) is 11.1 Å². The number of anilines is 1. The van der Waals surface area contributed by atoms with Crippen molar-refractivity contribution >= 4 is 23.7 Å². The largest absolute Gasteiger partial charge is 0.480 e. The van der Waals surface area contributed by atoms with Crippen LogP contribution in [-0.4, -0.2) is 54.2 Å². The molecule has 8 heteroatoms. The number of hydrogen-bond acceptors (Lipinski definition) is 5. The first-order valence-corrected chi connectivity index (χ1v) is 13.8. The molecule has 8 nitrogen and oxygen atoms in total. The van der Waals surface area contributed by atoms with Crippen molar-refractivity contribution in [2.45, 2.75) is 24.9 Å². The number of rotatable bonds is 11. The molecule has 5 rings (SSSR count). The smallest absolute Gasteiger partial charge is 0.411 e. The monoisotopic (exact) mass is 563 g/mol. The minimum atomic E-state index is -1.10. The molecule has 0 aromatic heterocycles. The van der Waals surface area contributed by atoms with E-state index in [1.165, 1.54) is 0 Å². The summed E-state index contributed by atoms with van der Waals surface area (Å²) in [4.78, 5) is 39.1. The molecule has 0 radical (unpaired) electrons. The maximum absolute atomic E-state index is 12.7. The second kappa shape index (κ2) is 13.1. The normalized spacial score (nSPS) is 12.7. The van der Waals surface area contributed by atoms with E-state index in [1.54, 1.807) is 24.3 Å². The third-order valence-corrected chi connectivity index (χ3v) is 7.30. The highest BCUT2D eigenvalue weighted by atomic mass is 16.5. The molecule has 1 aliphatic rings. The van der Waals surface area contributed by atoms with Gasteiger partial charge in [0, 0.05) is 24.7 Å². The van der Waals surface area contributed by atoms with E-state index in [2.05, 4.69) is 34.9 Å². The van der Waals surface area contributed by atoms with Gasteiger partial charge in [-0.15, -0.1) is 0 Å². The van der Waals surface area contributed by atoms with E-state index in [1.807, 2.05) is 66.5 Å². The highest BCUT2D eigenvalue weighted by molar-refractivity contribution is 5.87. The molecule has 4 aromatic rings. The van der Waals surface area contributed by atoms with E-state index in [-0.39, 0.29) is 25.5 Å². The minimum absolute atomic E-state index is 0.0353. The first kappa shape index (κ1) is 28.6. The first-order chi connectivity index (χ1) is 20.4. The predicted molar refractivity (Wildman–Crippen MR) is 161 cm³/mol. The third-order valence-electron chi connectivity index (χ3n) is 7.30. The summed E-state index contributed by atoms with van der Waals surface area (Å²) in [5.74, 6) is -1.57. The Hall–Kier alpha value is -4.95. The average molecular weight is 564 g/mol. The van der Waals surface area contributed by atoms with Gasteiger partial charge in [-0.25, -0.2) is 9.59 Å². The average Bonchev–Trinajstić information content (AvgIpc) is 3.30. The zero-order valence-electron chi connectivity index (χ0n) is 23.3. The summed E-state index contributed by atoms with van der Waals surface area (Å²) in [6.07, 6.45) is -0.627. The molecule has 2 amide bonds. The third kappa shape index (κ3) is 7.03. The topological polar surface area (TPSA) is 108 Å². The predicted octanol–water partition coefficient (Wildman–Crippen LogP) is 5.29. The van der Waals surface area contributed by atoms with Crippen LogP contribution in [0.5, 0.6) is 0 Å². The van der Waals surface area contributed by atoms with Crippen LogP contribution in [0.1, 0.15) is 28.2 Å². The number of carbonyl (C=O) groups is 3. The molecule has 0 saturated carbocycles. The minimum Gasteiger partial charge on any atom is -0.480 e. The Morgan fingerprint density at radius 1 is 0.833 bits per heavy atom. The number of fused-ring (bicyclic) bond motifs is 3. The fourth-order valence-electron chi connectivity index (χ4n) is 5.40. The van der Waals surface area contributed by atoms with Crippen molar-refractivity contribution in [3.63, 3.8) is 0 Å². The number of nitrogens with zero attached hydrogens (tertiary/aromatic N) is 1. The zero-order valence-corrected chi connectivity index (χ0v) is 23.3. The van der Waals surface area contributed by atoms with Crippen LogP contribution in [0, 0.1) is 0 Å². The molecule has 42 heavy (non-hydrogen) atoms. The van der Waals surface area contributed by atoms with Crippen LogP contribution in [0.4, 0.5) is 10.5 Å². The van der Waals surface area contributed by atoms with Gasteiger partial charge in [0.1, 0.15) is 12.6 Å². The van der Waals surface area contributed by atoms with Gasteiger partial charge in [0.25, 0.3) is 0 Å². The Morgan fingerprint density at radius 3 is 2.12 bits per heavy atom. The summed E-state index contributed by atoms with van der Waals surface area (Å²) in [5, 5.41) is 15.0. The maximum atomic E-state index is 12.7. The summed E-state index contributed by atoms with van der Waals surface area (Å²) in [6, 6.07) is 31.8. The van der Waals surface area contributed by atoms with Crippen molar-refractivity contribution in [3.05, 3.63) is 125 Å². The molecule has 214 valence electrons. The SMILES string of the molecule is CN(Cc1ccccc1)CC(NC(=O)Cc1cccc(NC(=O)OCC2c3ccccc3-c3ccccc32)c1)C(=O)O. The Morgan fingerprint density at radius 2 is 1.45 bits per heavy atom. The van der Waals surface area contributed by atoms with Gasteiger partial charge >= 0.3 is 12.1 Å². The Kier molecular flexibility index (Phi) is 8.94. The fourth-order valence-corrected chi connectivity index (χ4v) is 5.40. The zero-order chi connectivity index (χ0) is 29.5. The molecule has 0 heterocycles. The first-order valence-electron chi connectivity index (χ1n) is 13.8. The van der Waals surface area contributed by atoms with E-state index >= 15 is 0 Å². The second-order valence-electron chi connectivity index (χ2n) is 10.5. The number of carboxylic acid groups (broad SMARTS) is 1. The quantitative estimate of drug-likeness (QED) is 0.229. The van der Waals surface area contributed by atoms with Crippen LogP contribution in [0.2, 0.25) is 0 Å². The lowest BCUT2D eigenvalue weighted by atomic mass is 9.98. The van der Waals surface area contributed by atoms with E-state index in [4.69, 9.17) is 4.74 Å². The molecule has 0 saturated heterocycles. The van der Waals surface area contributed by atoms with E-state index in [0.29, 0.717) is 17.8 Å². The molecule has 1 unspecified atom stereocenters. The van der Waals surface area contributed by atoms with Crippen molar-refractivity contribution in [1.82, 2.24) is 10.2 Å². The highest BCUT2D eigenvalue weighted by Crippen LogP contribution is 2.44. The molecular weight excluding hydrogens is 530 g/mol. The molecule has 0 bridgehead atoms. The summed E-state index contributed by atoms with van der Waals surface area (Å²) in [7, 11) is 1.81. The van der Waals surface area contributed by atoms with Crippen molar-refractivity contribution in [2.24, 2.45) is 0 Å². The molecule has 4 aromatic carbocycles. The molecule has 3 N–H and O–H groups in total. The van der Waals surface area contributed by atoms with Gasteiger partial charge in [-0.05, 0) is 52.6 Å². The lowest BCUT2D eigenvalue weighted by Gasteiger charge is -2.22. The number of ether oxygens (including phenoxy) is 1. The Labute approximate surface area is 244 Å². The van der Waals surface area contributed by atoms with Gasteiger partial charge < -0.3 is 15.2 Å². The van der Waals surface area contributed by atoms with Gasteiger partial charge in [-0.2, -0.15) is 0 Å². The molecule has 0 fully saturated rings. The van der Waals surface area contributed by atoms with E-state index < -0.39 is 24.0 Å². The van der Waals surface area contributed by atoms with E-state index in [9.17, 15) is 19.5 Å². The molecule has 0 spiro atoms. The Bertz CT molecular complexity index is 1530. The van der Waals surface area contributed by atoms with Crippen LogP contribution in [-0.2, 0) is 27.3 Å². The fraction of sp³-hybridized carbons (Fsp3) is 0.206. The van der Waals surface area contributed by atoms with E-state index in [0.717, 1.165) is 27.8 Å². The molecule has 1 aliphatic carbocycles. The Balaban J connectivity index is 1.14. The van der Waals surface area contributed by atoms with Crippen LogP contribution < -0.4 is 10.6 Å². The lowest BCUT2D eigenvalue weighted by molar-refractivity contribution is -0.142. The van der Waals surface area contributed by atoms with Gasteiger partial charge in [0.05, 0.1) is 6.42 Å². The number of carboxylic acids is 1. The van der Waals surface area contributed by atoms with Crippen molar-refractivity contribution < 1.29 is 24.2 Å². The van der Waals surface area contributed by atoms with Crippen LogP contribution >= 0.6 is 0 Å². The number of benzene rings is 4. The van der Waals surface area contributed by atoms with Gasteiger partial charge in [-0.3, -0.25) is 15.0 Å². The summed E-state index contributed by atoms with van der Waals surface area (Å²) in [6.45, 7) is 0.903.